The molecule has 0 unspecified atom stereocenters. The maximum atomic E-state index is 5.26. The lowest BCUT2D eigenvalue weighted by atomic mass is 10.0. The molecule has 0 bridgehead atoms. The van der Waals surface area contributed by atoms with Crippen molar-refractivity contribution in [3.05, 3.63) is 194 Å². The van der Waals surface area contributed by atoms with Gasteiger partial charge in [-0.3, -0.25) is 0 Å². The van der Waals surface area contributed by atoms with E-state index in [0.717, 1.165) is 44.6 Å². The number of fused-ring (bicyclic) bond motifs is 5. The van der Waals surface area contributed by atoms with Gasteiger partial charge < -0.3 is 4.57 Å². The highest BCUT2D eigenvalue weighted by Crippen LogP contribution is 2.39. The van der Waals surface area contributed by atoms with Gasteiger partial charge in [0.05, 0.1) is 16.7 Å². The first-order valence-corrected chi connectivity index (χ1v) is 17.9. The molecule has 0 saturated heterocycles. The molecule has 4 heteroatoms. The van der Waals surface area contributed by atoms with Crippen molar-refractivity contribution in [2.75, 3.05) is 0 Å². The van der Waals surface area contributed by atoms with Gasteiger partial charge in [-0.1, -0.05) is 170 Å². The summed E-state index contributed by atoms with van der Waals surface area (Å²) in [6.45, 7) is 0. The fraction of sp³-hybridized carbons (Fsp3) is 0. The predicted octanol–water partition coefficient (Wildman–Crippen LogP) is 12.5. The van der Waals surface area contributed by atoms with Gasteiger partial charge in [-0.25, -0.2) is 15.0 Å². The molecule has 0 aliphatic rings. The van der Waals surface area contributed by atoms with Crippen molar-refractivity contribution in [1.29, 1.82) is 0 Å². The highest BCUT2D eigenvalue weighted by molar-refractivity contribution is 6.18. The van der Waals surface area contributed by atoms with Crippen LogP contribution >= 0.6 is 0 Å². The quantitative estimate of drug-likeness (QED) is 0.176. The average molecular weight is 677 g/mol. The Hall–Kier alpha value is -7.17. The van der Waals surface area contributed by atoms with Gasteiger partial charge in [0.25, 0.3) is 0 Å². The largest absolute Gasteiger partial charge is 0.308 e. The zero-order valence-electron chi connectivity index (χ0n) is 28.8. The lowest BCUT2D eigenvalue weighted by molar-refractivity contribution is 1.06. The Morgan fingerprint density at radius 2 is 0.868 bits per heavy atom. The third kappa shape index (κ3) is 5.45. The van der Waals surface area contributed by atoms with Gasteiger partial charge in [0.2, 0.25) is 0 Å². The molecule has 2 aromatic heterocycles. The summed E-state index contributed by atoms with van der Waals surface area (Å²) in [5.74, 6) is 1.86. The standard InChI is InChI=1S/C49H32N4/c1-3-14-33(15-4-1)35-26-28-37(29-27-35)47-50-48(39-20-13-19-38(32-39)34-16-5-2-6-17-34)52-49(51-47)43-23-10-12-25-45(43)53-44-24-11-9-22-41(44)42-31-30-36-18-7-8-21-40(36)46(42)53/h1-32H. The molecule has 0 radical (unpaired) electrons. The van der Waals surface area contributed by atoms with Gasteiger partial charge in [-0.15, -0.1) is 0 Å². The first-order chi connectivity index (χ1) is 26.3. The molecule has 10 rings (SSSR count). The van der Waals surface area contributed by atoms with Crippen molar-refractivity contribution in [3.8, 4) is 62.1 Å². The average Bonchev–Trinajstić information content (AvgIpc) is 3.59. The third-order valence-corrected chi connectivity index (χ3v) is 10.1. The Balaban J connectivity index is 1.21. The highest BCUT2D eigenvalue weighted by atomic mass is 15.1. The van der Waals surface area contributed by atoms with Crippen LogP contribution in [0.1, 0.15) is 0 Å². The summed E-state index contributed by atoms with van der Waals surface area (Å²) < 4.78 is 2.39. The second-order valence-electron chi connectivity index (χ2n) is 13.2. The lowest BCUT2D eigenvalue weighted by Gasteiger charge is -2.15. The summed E-state index contributed by atoms with van der Waals surface area (Å²) in [6, 6.07) is 68.0. The maximum absolute atomic E-state index is 5.26. The minimum Gasteiger partial charge on any atom is -0.308 e. The molecule has 10 aromatic rings. The summed E-state index contributed by atoms with van der Waals surface area (Å²) in [5.41, 5.74) is 10.6. The fourth-order valence-corrected chi connectivity index (χ4v) is 7.50. The van der Waals surface area contributed by atoms with E-state index in [1.165, 1.54) is 32.6 Å². The van der Waals surface area contributed by atoms with Crippen molar-refractivity contribution in [2.45, 2.75) is 0 Å². The SMILES string of the molecule is c1ccc(-c2ccc(-c3nc(-c4cccc(-c5ccccc5)c4)nc(-c4ccccc4-n4c5ccccc5c5ccc6ccccc6c54)n3)cc2)cc1. The Morgan fingerprint density at radius 3 is 1.66 bits per heavy atom. The van der Waals surface area contributed by atoms with Gasteiger partial charge in [0.1, 0.15) is 0 Å². The smallest absolute Gasteiger partial charge is 0.166 e. The molecule has 0 fully saturated rings. The molecule has 8 aromatic carbocycles. The van der Waals surface area contributed by atoms with E-state index < -0.39 is 0 Å². The molecule has 4 nitrogen and oxygen atoms in total. The van der Waals surface area contributed by atoms with E-state index >= 15 is 0 Å². The second-order valence-corrected chi connectivity index (χ2v) is 13.2. The second kappa shape index (κ2) is 12.9. The predicted molar refractivity (Wildman–Crippen MR) is 219 cm³/mol. The number of benzene rings is 8. The van der Waals surface area contributed by atoms with E-state index in [0.29, 0.717) is 17.5 Å². The van der Waals surface area contributed by atoms with Gasteiger partial charge in [0.15, 0.2) is 17.5 Å². The highest BCUT2D eigenvalue weighted by Gasteiger charge is 2.20. The first kappa shape index (κ1) is 30.6. The van der Waals surface area contributed by atoms with E-state index in [9.17, 15) is 0 Å². The van der Waals surface area contributed by atoms with Crippen LogP contribution in [0.15, 0.2) is 194 Å². The Morgan fingerprint density at radius 1 is 0.321 bits per heavy atom. The molecule has 2 heterocycles. The summed E-state index contributed by atoms with van der Waals surface area (Å²) in [7, 11) is 0. The molecule has 0 amide bonds. The number of para-hydroxylation sites is 2. The van der Waals surface area contributed by atoms with Crippen LogP contribution in [-0.4, -0.2) is 19.5 Å². The third-order valence-electron chi connectivity index (χ3n) is 10.1. The van der Waals surface area contributed by atoms with E-state index in [1.54, 1.807) is 0 Å². The van der Waals surface area contributed by atoms with Crippen molar-refractivity contribution in [2.24, 2.45) is 0 Å². The lowest BCUT2D eigenvalue weighted by Crippen LogP contribution is -2.03. The maximum Gasteiger partial charge on any atom is 0.166 e. The molecular weight excluding hydrogens is 645 g/mol. The van der Waals surface area contributed by atoms with Gasteiger partial charge >= 0.3 is 0 Å². The number of aromatic nitrogens is 4. The van der Waals surface area contributed by atoms with Crippen LogP contribution < -0.4 is 0 Å². The molecule has 0 spiro atoms. The number of hydrogen-bond acceptors (Lipinski definition) is 3. The van der Waals surface area contributed by atoms with Crippen molar-refractivity contribution in [3.63, 3.8) is 0 Å². The zero-order valence-corrected chi connectivity index (χ0v) is 28.8. The zero-order chi connectivity index (χ0) is 35.1. The summed E-state index contributed by atoms with van der Waals surface area (Å²) in [6.07, 6.45) is 0. The van der Waals surface area contributed by atoms with Crippen LogP contribution in [0.3, 0.4) is 0 Å². The topological polar surface area (TPSA) is 43.6 Å². The monoisotopic (exact) mass is 676 g/mol. The molecular formula is C49H32N4. The van der Waals surface area contributed by atoms with Crippen LogP contribution in [-0.2, 0) is 0 Å². The fourth-order valence-electron chi connectivity index (χ4n) is 7.50. The Bertz CT molecular complexity index is 2930. The van der Waals surface area contributed by atoms with Gasteiger partial charge in [0, 0.05) is 32.8 Å². The molecule has 248 valence electrons. The van der Waals surface area contributed by atoms with E-state index in [-0.39, 0.29) is 0 Å². The molecule has 0 aliphatic heterocycles. The molecule has 53 heavy (non-hydrogen) atoms. The van der Waals surface area contributed by atoms with Gasteiger partial charge in [-0.2, -0.15) is 0 Å². The number of rotatable bonds is 6. The van der Waals surface area contributed by atoms with Crippen LogP contribution in [0.4, 0.5) is 0 Å². The molecule has 0 saturated carbocycles. The minimum absolute atomic E-state index is 0.615. The Labute approximate surface area is 307 Å². The summed E-state index contributed by atoms with van der Waals surface area (Å²) in [5, 5.41) is 4.81. The van der Waals surface area contributed by atoms with Crippen molar-refractivity contribution >= 4 is 32.6 Å². The van der Waals surface area contributed by atoms with Crippen molar-refractivity contribution in [1.82, 2.24) is 19.5 Å². The van der Waals surface area contributed by atoms with Crippen LogP contribution in [0, 0.1) is 0 Å². The summed E-state index contributed by atoms with van der Waals surface area (Å²) >= 11 is 0. The van der Waals surface area contributed by atoms with E-state index in [1.807, 2.05) is 12.1 Å². The normalized spacial score (nSPS) is 11.4. The van der Waals surface area contributed by atoms with Gasteiger partial charge in [-0.05, 0) is 51.9 Å². The summed E-state index contributed by atoms with van der Waals surface area (Å²) in [4.78, 5) is 15.6. The van der Waals surface area contributed by atoms with Crippen molar-refractivity contribution < 1.29 is 0 Å². The molecule has 0 N–H and O–H groups in total. The molecule has 0 aliphatic carbocycles. The molecule has 0 atom stereocenters. The number of hydrogen-bond donors (Lipinski definition) is 0. The Kier molecular flexibility index (Phi) is 7.43. The number of nitrogens with zero attached hydrogens (tertiary/aromatic N) is 4. The van der Waals surface area contributed by atoms with E-state index in [4.69, 9.17) is 15.0 Å². The minimum atomic E-state index is 0.615. The van der Waals surface area contributed by atoms with Crippen LogP contribution in [0.25, 0.3) is 94.7 Å². The first-order valence-electron chi connectivity index (χ1n) is 17.9. The van der Waals surface area contributed by atoms with Crippen LogP contribution in [0.2, 0.25) is 0 Å². The van der Waals surface area contributed by atoms with E-state index in [2.05, 4.69) is 187 Å². The van der Waals surface area contributed by atoms with Crippen LogP contribution in [0.5, 0.6) is 0 Å².